The lowest BCUT2D eigenvalue weighted by atomic mass is 10.1. The van der Waals surface area contributed by atoms with E-state index < -0.39 is 0 Å². The number of benzene rings is 2. The van der Waals surface area contributed by atoms with E-state index in [0.29, 0.717) is 0 Å². The quantitative estimate of drug-likeness (QED) is 0.619. The van der Waals surface area contributed by atoms with Crippen molar-refractivity contribution >= 4 is 11.4 Å². The molecule has 0 aliphatic carbocycles. The van der Waals surface area contributed by atoms with Crippen LogP contribution < -0.4 is 10.2 Å². The van der Waals surface area contributed by atoms with Crippen LogP contribution >= 0.6 is 0 Å². The Labute approximate surface area is 126 Å². The van der Waals surface area contributed by atoms with Gasteiger partial charge in [-0.1, -0.05) is 43.7 Å². The number of nitrogens with one attached hydrogen (secondary N) is 1. The van der Waals surface area contributed by atoms with Crippen molar-refractivity contribution in [1.29, 1.82) is 0 Å². The van der Waals surface area contributed by atoms with Crippen LogP contribution in [0.25, 0.3) is 0 Å². The first kappa shape index (κ1) is 15.1. The fourth-order valence-electron chi connectivity index (χ4n) is 2.21. The van der Waals surface area contributed by atoms with E-state index in [4.69, 9.17) is 4.74 Å². The maximum atomic E-state index is 5.27. The minimum absolute atomic E-state index is 0.890. The molecule has 0 unspecified atom stereocenters. The second-order valence-corrected chi connectivity index (χ2v) is 4.97. The average Bonchev–Trinajstić information content (AvgIpc) is 2.52. The molecular weight excluding hydrogens is 260 g/mol. The summed E-state index contributed by atoms with van der Waals surface area (Å²) in [6.45, 7) is 4.19. The van der Waals surface area contributed by atoms with Gasteiger partial charge in [0.2, 0.25) is 0 Å². The zero-order valence-corrected chi connectivity index (χ0v) is 12.9. The lowest BCUT2D eigenvalue weighted by molar-refractivity contribution is 0.412. The van der Waals surface area contributed by atoms with Crippen LogP contribution in [0.4, 0.5) is 5.69 Å². The van der Waals surface area contributed by atoms with Crippen LogP contribution in [0.3, 0.4) is 0 Å². The van der Waals surface area contributed by atoms with E-state index in [1.807, 2.05) is 43.3 Å². The molecule has 2 aromatic carbocycles. The molecule has 3 heteroatoms. The van der Waals surface area contributed by atoms with Crippen LogP contribution in [0.5, 0.6) is 5.75 Å². The fraction of sp³-hybridized carbons (Fsp3) is 0.278. The molecule has 0 fully saturated rings. The number of hydrazone groups is 1. The predicted octanol–water partition coefficient (Wildman–Crippen LogP) is 4.62. The average molecular weight is 282 g/mol. The summed E-state index contributed by atoms with van der Waals surface area (Å²) in [6.07, 6.45) is 2.02. The van der Waals surface area contributed by atoms with Crippen molar-refractivity contribution in [3.8, 4) is 5.75 Å². The van der Waals surface area contributed by atoms with Gasteiger partial charge in [0.25, 0.3) is 0 Å². The molecule has 0 aliphatic rings. The largest absolute Gasteiger partial charge is 0.496 e. The van der Waals surface area contributed by atoms with Crippen molar-refractivity contribution in [2.45, 2.75) is 26.7 Å². The number of methoxy groups -OCH3 is 1. The van der Waals surface area contributed by atoms with E-state index in [0.717, 1.165) is 41.1 Å². The number of rotatable bonds is 6. The molecule has 110 valence electrons. The molecule has 3 nitrogen and oxygen atoms in total. The third-order valence-corrected chi connectivity index (χ3v) is 3.31. The monoisotopic (exact) mass is 282 g/mol. The van der Waals surface area contributed by atoms with E-state index in [1.54, 1.807) is 7.11 Å². The highest BCUT2D eigenvalue weighted by Gasteiger charge is 2.03. The molecule has 0 aliphatic heterocycles. The normalized spacial score (nSPS) is 11.3. The van der Waals surface area contributed by atoms with Gasteiger partial charge in [0.15, 0.2) is 0 Å². The standard InChI is InChI=1S/C18H22N2O/c1-4-8-17(15-9-6-5-7-10-15)20-19-16-11-12-18(21-3)14(2)13-16/h5-7,9-13,19H,4,8H2,1-3H3. The van der Waals surface area contributed by atoms with Crippen LogP contribution in [-0.2, 0) is 0 Å². The highest BCUT2D eigenvalue weighted by molar-refractivity contribution is 6.00. The Bertz CT molecular complexity index is 606. The topological polar surface area (TPSA) is 33.6 Å². The molecule has 0 heterocycles. The first-order chi connectivity index (χ1) is 10.2. The molecule has 0 bridgehead atoms. The molecule has 0 spiro atoms. The molecule has 1 N–H and O–H groups in total. The highest BCUT2D eigenvalue weighted by Crippen LogP contribution is 2.21. The van der Waals surface area contributed by atoms with Crippen molar-refractivity contribution < 1.29 is 4.74 Å². The third-order valence-electron chi connectivity index (χ3n) is 3.31. The lowest BCUT2D eigenvalue weighted by Gasteiger charge is -2.09. The molecule has 21 heavy (non-hydrogen) atoms. The molecule has 0 radical (unpaired) electrons. The summed E-state index contributed by atoms with van der Waals surface area (Å²) in [4.78, 5) is 0. The molecule has 0 aromatic heterocycles. The molecular formula is C18H22N2O. The highest BCUT2D eigenvalue weighted by atomic mass is 16.5. The van der Waals surface area contributed by atoms with E-state index in [-0.39, 0.29) is 0 Å². The van der Waals surface area contributed by atoms with E-state index in [2.05, 4.69) is 29.6 Å². The van der Waals surface area contributed by atoms with Gasteiger partial charge in [-0.15, -0.1) is 0 Å². The van der Waals surface area contributed by atoms with Crippen LogP contribution in [0.15, 0.2) is 53.6 Å². The zero-order chi connectivity index (χ0) is 15.1. The molecule has 0 saturated heterocycles. The Hall–Kier alpha value is -2.29. The Balaban J connectivity index is 2.18. The minimum atomic E-state index is 0.890. The van der Waals surface area contributed by atoms with Crippen molar-refractivity contribution in [1.82, 2.24) is 0 Å². The maximum Gasteiger partial charge on any atom is 0.121 e. The van der Waals surface area contributed by atoms with Gasteiger partial charge >= 0.3 is 0 Å². The van der Waals surface area contributed by atoms with Crippen molar-refractivity contribution in [2.75, 3.05) is 12.5 Å². The molecule has 2 aromatic rings. The number of ether oxygens (including phenoxy) is 1. The van der Waals surface area contributed by atoms with Crippen LogP contribution in [0.2, 0.25) is 0 Å². The Kier molecular flexibility index (Phi) is 5.38. The SMILES string of the molecule is CCCC(=NNc1ccc(OC)c(C)c1)c1ccccc1. The smallest absolute Gasteiger partial charge is 0.121 e. The number of hydrogen-bond acceptors (Lipinski definition) is 3. The predicted molar refractivity (Wildman–Crippen MR) is 89.2 cm³/mol. The van der Waals surface area contributed by atoms with E-state index in [1.165, 1.54) is 0 Å². The second-order valence-electron chi connectivity index (χ2n) is 4.97. The summed E-state index contributed by atoms with van der Waals surface area (Å²) in [5.41, 5.74) is 7.45. The summed E-state index contributed by atoms with van der Waals surface area (Å²) >= 11 is 0. The number of nitrogens with zero attached hydrogens (tertiary/aromatic N) is 1. The summed E-state index contributed by atoms with van der Waals surface area (Å²) < 4.78 is 5.27. The zero-order valence-electron chi connectivity index (χ0n) is 12.9. The van der Waals surface area contributed by atoms with Gasteiger partial charge < -0.3 is 4.74 Å². The molecule has 0 amide bonds. The first-order valence-electron chi connectivity index (χ1n) is 7.27. The van der Waals surface area contributed by atoms with Gasteiger partial charge in [-0.25, -0.2) is 0 Å². The van der Waals surface area contributed by atoms with Crippen LogP contribution in [0.1, 0.15) is 30.9 Å². The van der Waals surface area contributed by atoms with Crippen molar-refractivity contribution in [2.24, 2.45) is 5.10 Å². The van der Waals surface area contributed by atoms with Crippen LogP contribution in [-0.4, -0.2) is 12.8 Å². The summed E-state index contributed by atoms with van der Waals surface area (Å²) in [5.74, 6) is 0.890. The van der Waals surface area contributed by atoms with Gasteiger partial charge in [0.05, 0.1) is 18.5 Å². The molecule has 0 atom stereocenters. The number of aryl methyl sites for hydroxylation is 1. The van der Waals surface area contributed by atoms with Gasteiger partial charge in [-0.3, -0.25) is 5.43 Å². The number of anilines is 1. The van der Waals surface area contributed by atoms with Gasteiger partial charge in [0, 0.05) is 0 Å². The first-order valence-corrected chi connectivity index (χ1v) is 7.27. The van der Waals surface area contributed by atoms with E-state index >= 15 is 0 Å². The molecule has 0 saturated carbocycles. The third kappa shape index (κ3) is 4.09. The minimum Gasteiger partial charge on any atom is -0.496 e. The summed E-state index contributed by atoms with van der Waals surface area (Å²) in [6, 6.07) is 16.3. The van der Waals surface area contributed by atoms with Crippen LogP contribution in [0, 0.1) is 6.92 Å². The second kappa shape index (κ2) is 7.48. The lowest BCUT2D eigenvalue weighted by Crippen LogP contribution is -2.04. The van der Waals surface area contributed by atoms with E-state index in [9.17, 15) is 0 Å². The molecule has 2 rings (SSSR count). The van der Waals surface area contributed by atoms with Crippen molar-refractivity contribution in [3.63, 3.8) is 0 Å². The number of hydrogen-bond donors (Lipinski definition) is 1. The summed E-state index contributed by atoms with van der Waals surface area (Å²) in [7, 11) is 1.68. The van der Waals surface area contributed by atoms with Gasteiger partial charge in [0.1, 0.15) is 5.75 Å². The van der Waals surface area contributed by atoms with Gasteiger partial charge in [-0.2, -0.15) is 5.10 Å². The Morgan fingerprint density at radius 3 is 2.52 bits per heavy atom. The maximum absolute atomic E-state index is 5.27. The summed E-state index contributed by atoms with van der Waals surface area (Å²) in [5, 5.41) is 4.58. The van der Waals surface area contributed by atoms with Crippen molar-refractivity contribution in [3.05, 3.63) is 59.7 Å². The Morgan fingerprint density at radius 1 is 1.14 bits per heavy atom. The van der Waals surface area contributed by atoms with Gasteiger partial charge in [-0.05, 0) is 42.7 Å². The Morgan fingerprint density at radius 2 is 1.90 bits per heavy atom. The fourth-order valence-corrected chi connectivity index (χ4v) is 2.21.